The van der Waals surface area contributed by atoms with E-state index in [9.17, 15) is 9.18 Å². The highest BCUT2D eigenvalue weighted by Gasteiger charge is 2.15. The quantitative estimate of drug-likeness (QED) is 0.731. The number of anilines is 1. The van der Waals surface area contributed by atoms with Gasteiger partial charge in [0.25, 0.3) is 0 Å². The van der Waals surface area contributed by atoms with Crippen LogP contribution in [0.1, 0.15) is 16.8 Å². The van der Waals surface area contributed by atoms with Crippen molar-refractivity contribution in [1.82, 2.24) is 4.90 Å². The molecule has 0 amide bonds. The maximum absolute atomic E-state index is 13.1. The molecule has 0 radical (unpaired) electrons. The lowest BCUT2D eigenvalue weighted by atomic mass is 10.1. The van der Waals surface area contributed by atoms with Crippen molar-refractivity contribution in [2.45, 2.75) is 6.42 Å². The molecule has 92 valence electrons. The summed E-state index contributed by atoms with van der Waals surface area (Å²) in [4.78, 5) is 15.4. The van der Waals surface area contributed by atoms with Crippen molar-refractivity contribution in [2.24, 2.45) is 0 Å². The van der Waals surface area contributed by atoms with Crippen LogP contribution in [0.25, 0.3) is 0 Å². The van der Waals surface area contributed by atoms with E-state index in [1.54, 1.807) is 6.07 Å². The van der Waals surface area contributed by atoms with E-state index < -0.39 is 0 Å². The fourth-order valence-corrected chi connectivity index (χ4v) is 2.20. The lowest BCUT2D eigenvalue weighted by molar-refractivity contribution is 0.112. The van der Waals surface area contributed by atoms with E-state index in [2.05, 4.69) is 16.8 Å². The largest absolute Gasteiger partial charge is 0.370 e. The number of halogens is 1. The molecule has 4 heteroatoms. The van der Waals surface area contributed by atoms with Crippen LogP contribution < -0.4 is 4.90 Å². The first-order valence-electron chi connectivity index (χ1n) is 5.89. The molecule has 1 saturated heterocycles. The van der Waals surface area contributed by atoms with Crippen LogP contribution in [0.15, 0.2) is 18.2 Å². The Bertz CT molecular complexity index is 408. The number of aldehydes is 1. The number of carbonyl (C=O) groups is 1. The first kappa shape index (κ1) is 12.0. The molecule has 1 aliphatic heterocycles. The first-order valence-corrected chi connectivity index (χ1v) is 5.89. The molecule has 0 aliphatic carbocycles. The summed E-state index contributed by atoms with van der Waals surface area (Å²) in [6.45, 7) is 3.82. The third kappa shape index (κ3) is 2.82. The van der Waals surface area contributed by atoms with Gasteiger partial charge in [0.05, 0.1) is 0 Å². The van der Waals surface area contributed by atoms with Gasteiger partial charge in [-0.05, 0) is 38.2 Å². The molecule has 0 unspecified atom stereocenters. The Balaban J connectivity index is 2.23. The van der Waals surface area contributed by atoms with E-state index in [0.29, 0.717) is 5.56 Å². The summed E-state index contributed by atoms with van der Waals surface area (Å²) < 4.78 is 13.1. The van der Waals surface area contributed by atoms with Gasteiger partial charge in [-0.3, -0.25) is 4.79 Å². The minimum Gasteiger partial charge on any atom is -0.370 e. The average Bonchev–Trinajstić information content (AvgIpc) is 2.54. The van der Waals surface area contributed by atoms with E-state index in [1.165, 1.54) is 12.1 Å². The number of rotatable bonds is 2. The number of likely N-dealkylation sites (N-methyl/N-ethyl adjacent to an activating group) is 1. The van der Waals surface area contributed by atoms with Gasteiger partial charge in [-0.1, -0.05) is 0 Å². The van der Waals surface area contributed by atoms with Crippen molar-refractivity contribution in [3.8, 4) is 0 Å². The molecule has 0 bridgehead atoms. The van der Waals surface area contributed by atoms with E-state index in [1.807, 2.05) is 0 Å². The second-order valence-corrected chi connectivity index (χ2v) is 4.46. The van der Waals surface area contributed by atoms with Gasteiger partial charge in [0.15, 0.2) is 6.29 Å². The minimum absolute atomic E-state index is 0.359. The predicted molar refractivity (Wildman–Crippen MR) is 66.1 cm³/mol. The molecule has 0 atom stereocenters. The molecule has 1 aromatic carbocycles. The maximum atomic E-state index is 13.1. The van der Waals surface area contributed by atoms with E-state index in [0.717, 1.165) is 44.6 Å². The summed E-state index contributed by atoms with van der Waals surface area (Å²) in [5.74, 6) is -0.359. The molecule has 1 heterocycles. The lowest BCUT2D eigenvalue weighted by Gasteiger charge is -2.24. The highest BCUT2D eigenvalue weighted by atomic mass is 19.1. The summed E-state index contributed by atoms with van der Waals surface area (Å²) in [5, 5.41) is 0. The zero-order valence-corrected chi connectivity index (χ0v) is 10.0. The standard InChI is InChI=1S/C13H17FN2O/c1-15-5-2-6-16(8-7-15)13-4-3-12(14)9-11(13)10-17/h3-4,9-10H,2,5-8H2,1H3. The zero-order chi connectivity index (χ0) is 12.3. The topological polar surface area (TPSA) is 23.6 Å². The fraction of sp³-hybridized carbons (Fsp3) is 0.462. The lowest BCUT2D eigenvalue weighted by Crippen LogP contribution is -2.29. The van der Waals surface area contributed by atoms with Crippen LogP contribution >= 0.6 is 0 Å². The van der Waals surface area contributed by atoms with Crippen LogP contribution in [0.2, 0.25) is 0 Å². The minimum atomic E-state index is -0.359. The summed E-state index contributed by atoms with van der Waals surface area (Å²) in [7, 11) is 2.09. The van der Waals surface area contributed by atoms with Crippen LogP contribution in [-0.2, 0) is 0 Å². The van der Waals surface area contributed by atoms with E-state index in [4.69, 9.17) is 0 Å². The van der Waals surface area contributed by atoms with Gasteiger partial charge in [0.2, 0.25) is 0 Å². The number of hydrogen-bond donors (Lipinski definition) is 0. The number of nitrogens with zero attached hydrogens (tertiary/aromatic N) is 2. The molecule has 1 aliphatic rings. The van der Waals surface area contributed by atoms with Crippen LogP contribution in [0, 0.1) is 5.82 Å². The van der Waals surface area contributed by atoms with Crippen molar-refractivity contribution >= 4 is 12.0 Å². The van der Waals surface area contributed by atoms with E-state index >= 15 is 0 Å². The maximum Gasteiger partial charge on any atom is 0.152 e. The molecule has 0 aromatic heterocycles. The summed E-state index contributed by atoms with van der Waals surface area (Å²) in [6.07, 6.45) is 1.79. The Morgan fingerprint density at radius 1 is 1.24 bits per heavy atom. The first-order chi connectivity index (χ1) is 8.20. The van der Waals surface area contributed by atoms with Crippen LogP contribution in [-0.4, -0.2) is 44.4 Å². The summed E-state index contributed by atoms with van der Waals surface area (Å²) >= 11 is 0. The third-order valence-electron chi connectivity index (χ3n) is 3.18. The highest BCUT2D eigenvalue weighted by Crippen LogP contribution is 2.21. The van der Waals surface area contributed by atoms with E-state index in [-0.39, 0.29) is 5.82 Å². The Morgan fingerprint density at radius 2 is 2.06 bits per heavy atom. The van der Waals surface area contributed by atoms with Gasteiger partial charge < -0.3 is 9.80 Å². The van der Waals surface area contributed by atoms with Crippen molar-refractivity contribution in [1.29, 1.82) is 0 Å². The number of hydrogen-bond acceptors (Lipinski definition) is 3. The molecule has 1 aromatic rings. The van der Waals surface area contributed by atoms with Crippen molar-refractivity contribution in [3.63, 3.8) is 0 Å². The molecule has 17 heavy (non-hydrogen) atoms. The summed E-state index contributed by atoms with van der Waals surface area (Å²) in [5.41, 5.74) is 1.28. The SMILES string of the molecule is CN1CCCN(c2ccc(F)cc2C=O)CC1. The average molecular weight is 236 g/mol. The Kier molecular flexibility index (Phi) is 3.74. The van der Waals surface area contributed by atoms with Gasteiger partial charge in [-0.15, -0.1) is 0 Å². The molecule has 1 fully saturated rings. The molecule has 0 saturated carbocycles. The number of carbonyl (C=O) groups excluding carboxylic acids is 1. The van der Waals surface area contributed by atoms with Gasteiger partial charge in [0.1, 0.15) is 5.82 Å². The smallest absolute Gasteiger partial charge is 0.152 e. The summed E-state index contributed by atoms with van der Waals surface area (Å²) in [6, 6.07) is 4.41. The van der Waals surface area contributed by atoms with Gasteiger partial charge >= 0.3 is 0 Å². The van der Waals surface area contributed by atoms with Gasteiger partial charge in [-0.25, -0.2) is 4.39 Å². The molecular formula is C13H17FN2O. The zero-order valence-electron chi connectivity index (χ0n) is 10.0. The highest BCUT2D eigenvalue weighted by molar-refractivity contribution is 5.84. The second kappa shape index (κ2) is 5.27. The van der Waals surface area contributed by atoms with Crippen molar-refractivity contribution < 1.29 is 9.18 Å². The second-order valence-electron chi connectivity index (χ2n) is 4.46. The third-order valence-corrected chi connectivity index (χ3v) is 3.18. The van der Waals surface area contributed by atoms with Crippen molar-refractivity contribution in [3.05, 3.63) is 29.6 Å². The molecule has 3 nitrogen and oxygen atoms in total. The Morgan fingerprint density at radius 3 is 2.82 bits per heavy atom. The normalized spacial score (nSPS) is 17.9. The van der Waals surface area contributed by atoms with Crippen molar-refractivity contribution in [2.75, 3.05) is 38.1 Å². The van der Waals surface area contributed by atoms with Gasteiger partial charge in [0, 0.05) is 30.9 Å². The molecular weight excluding hydrogens is 219 g/mol. The van der Waals surface area contributed by atoms with Gasteiger partial charge in [-0.2, -0.15) is 0 Å². The Labute approximate surface area is 101 Å². The predicted octanol–water partition coefficient (Wildman–Crippen LogP) is 1.78. The fourth-order valence-electron chi connectivity index (χ4n) is 2.20. The molecule has 2 rings (SSSR count). The van der Waals surface area contributed by atoms with Crippen LogP contribution in [0.5, 0.6) is 0 Å². The van der Waals surface area contributed by atoms with Crippen LogP contribution in [0.4, 0.5) is 10.1 Å². The number of benzene rings is 1. The molecule has 0 spiro atoms. The Hall–Kier alpha value is -1.42. The van der Waals surface area contributed by atoms with Crippen LogP contribution in [0.3, 0.4) is 0 Å². The molecule has 0 N–H and O–H groups in total. The monoisotopic (exact) mass is 236 g/mol.